The standard InChI is InChI=1S/C19H21N5/c1-2-3-4-10-21-18-7-8-19-22-13-17(24(19)23-18)15-5-6-16-14(12-15)9-11-20-16/h5-9,11-13,20H,2-4,10H2,1H3,(H,21,23). The minimum absolute atomic E-state index is 0.860. The molecule has 0 aliphatic carbocycles. The second-order valence-electron chi connectivity index (χ2n) is 6.05. The fourth-order valence-electron chi connectivity index (χ4n) is 2.97. The van der Waals surface area contributed by atoms with Crippen LogP contribution in [-0.4, -0.2) is 26.1 Å². The average molecular weight is 319 g/mol. The van der Waals surface area contributed by atoms with E-state index in [0.717, 1.165) is 41.2 Å². The lowest BCUT2D eigenvalue weighted by Gasteiger charge is -2.07. The molecule has 0 aliphatic heterocycles. The van der Waals surface area contributed by atoms with Gasteiger partial charge in [0.25, 0.3) is 0 Å². The Hall–Kier alpha value is -2.82. The number of H-pyrrole nitrogens is 1. The molecule has 0 amide bonds. The van der Waals surface area contributed by atoms with Gasteiger partial charge in [-0.05, 0) is 36.8 Å². The molecule has 24 heavy (non-hydrogen) atoms. The van der Waals surface area contributed by atoms with Crippen LogP contribution in [0.3, 0.4) is 0 Å². The number of hydrogen-bond acceptors (Lipinski definition) is 3. The topological polar surface area (TPSA) is 58.0 Å². The summed E-state index contributed by atoms with van der Waals surface area (Å²) in [5.41, 5.74) is 4.12. The summed E-state index contributed by atoms with van der Waals surface area (Å²) in [6, 6.07) is 12.4. The average Bonchev–Trinajstić information content (AvgIpc) is 3.24. The van der Waals surface area contributed by atoms with Gasteiger partial charge in [0.15, 0.2) is 5.65 Å². The quantitative estimate of drug-likeness (QED) is 0.515. The predicted molar refractivity (Wildman–Crippen MR) is 98.3 cm³/mol. The molecule has 0 spiro atoms. The molecule has 3 aromatic heterocycles. The van der Waals surface area contributed by atoms with Crippen LogP contribution < -0.4 is 5.32 Å². The normalized spacial score (nSPS) is 11.4. The Morgan fingerprint density at radius 2 is 2.08 bits per heavy atom. The molecule has 122 valence electrons. The van der Waals surface area contributed by atoms with Gasteiger partial charge in [-0.3, -0.25) is 0 Å². The van der Waals surface area contributed by atoms with Crippen molar-refractivity contribution in [2.24, 2.45) is 0 Å². The third-order valence-corrected chi connectivity index (χ3v) is 4.30. The lowest BCUT2D eigenvalue weighted by Crippen LogP contribution is -2.06. The first kappa shape index (κ1) is 14.8. The van der Waals surface area contributed by atoms with E-state index >= 15 is 0 Å². The molecule has 5 nitrogen and oxygen atoms in total. The first-order chi connectivity index (χ1) is 11.8. The number of nitrogens with one attached hydrogen (secondary N) is 2. The van der Waals surface area contributed by atoms with Crippen LogP contribution >= 0.6 is 0 Å². The van der Waals surface area contributed by atoms with Crippen molar-refractivity contribution in [1.29, 1.82) is 0 Å². The molecule has 0 unspecified atom stereocenters. The third kappa shape index (κ3) is 2.73. The van der Waals surface area contributed by atoms with Gasteiger partial charge in [-0.15, -0.1) is 5.10 Å². The maximum absolute atomic E-state index is 4.71. The van der Waals surface area contributed by atoms with Crippen molar-refractivity contribution in [1.82, 2.24) is 19.6 Å². The summed E-state index contributed by atoms with van der Waals surface area (Å²) >= 11 is 0. The van der Waals surface area contributed by atoms with Gasteiger partial charge in [-0.25, -0.2) is 9.50 Å². The monoisotopic (exact) mass is 319 g/mol. The van der Waals surface area contributed by atoms with E-state index in [-0.39, 0.29) is 0 Å². The van der Waals surface area contributed by atoms with E-state index in [4.69, 9.17) is 5.10 Å². The van der Waals surface area contributed by atoms with Gasteiger partial charge in [-0.2, -0.15) is 0 Å². The van der Waals surface area contributed by atoms with Crippen molar-refractivity contribution in [2.45, 2.75) is 26.2 Å². The van der Waals surface area contributed by atoms with Crippen LogP contribution in [0.2, 0.25) is 0 Å². The summed E-state index contributed by atoms with van der Waals surface area (Å²) in [5, 5.41) is 9.30. The Morgan fingerprint density at radius 3 is 3.00 bits per heavy atom. The van der Waals surface area contributed by atoms with Crippen molar-refractivity contribution < 1.29 is 0 Å². The highest BCUT2D eigenvalue weighted by atomic mass is 15.3. The van der Waals surface area contributed by atoms with Crippen molar-refractivity contribution in [3.63, 3.8) is 0 Å². The summed E-state index contributed by atoms with van der Waals surface area (Å²) in [7, 11) is 0. The Morgan fingerprint density at radius 1 is 1.12 bits per heavy atom. The fourth-order valence-corrected chi connectivity index (χ4v) is 2.97. The van der Waals surface area contributed by atoms with Crippen LogP contribution in [-0.2, 0) is 0 Å². The van der Waals surface area contributed by atoms with E-state index < -0.39 is 0 Å². The molecule has 5 heteroatoms. The second kappa shape index (κ2) is 6.35. The number of imidazole rings is 1. The molecule has 4 aromatic rings. The molecule has 0 saturated heterocycles. The van der Waals surface area contributed by atoms with Gasteiger partial charge in [0.2, 0.25) is 0 Å². The molecule has 0 bridgehead atoms. The van der Waals surface area contributed by atoms with Crippen LogP contribution in [0.4, 0.5) is 5.82 Å². The van der Waals surface area contributed by atoms with Crippen LogP contribution in [0.15, 0.2) is 48.8 Å². The first-order valence-electron chi connectivity index (χ1n) is 8.51. The van der Waals surface area contributed by atoms with E-state index in [0.29, 0.717) is 0 Å². The van der Waals surface area contributed by atoms with E-state index in [9.17, 15) is 0 Å². The van der Waals surface area contributed by atoms with Crippen molar-refractivity contribution >= 4 is 22.4 Å². The predicted octanol–water partition coefficient (Wildman–Crippen LogP) is 4.48. The largest absolute Gasteiger partial charge is 0.369 e. The summed E-state index contributed by atoms with van der Waals surface area (Å²) in [6.45, 7) is 3.16. The third-order valence-electron chi connectivity index (χ3n) is 4.30. The van der Waals surface area contributed by atoms with Crippen molar-refractivity contribution in [3.8, 4) is 11.3 Å². The molecule has 3 heterocycles. The number of fused-ring (bicyclic) bond motifs is 2. The van der Waals surface area contributed by atoms with Gasteiger partial charge in [0, 0.05) is 29.2 Å². The molecule has 0 radical (unpaired) electrons. The molecule has 4 rings (SSSR count). The maximum Gasteiger partial charge on any atom is 0.154 e. The first-order valence-corrected chi connectivity index (χ1v) is 8.51. The highest BCUT2D eigenvalue weighted by molar-refractivity contribution is 5.84. The molecular weight excluding hydrogens is 298 g/mol. The molecule has 2 N–H and O–H groups in total. The minimum Gasteiger partial charge on any atom is -0.369 e. The Bertz CT molecular complexity index is 966. The summed E-state index contributed by atoms with van der Waals surface area (Å²) < 4.78 is 1.91. The van der Waals surface area contributed by atoms with Crippen LogP contribution in [0.25, 0.3) is 27.8 Å². The maximum atomic E-state index is 4.71. The SMILES string of the molecule is CCCCCNc1ccc2ncc(-c3ccc4[nH]ccc4c3)n2n1. The lowest BCUT2D eigenvalue weighted by molar-refractivity contribution is 0.740. The fraction of sp³-hybridized carbons (Fsp3) is 0.263. The van der Waals surface area contributed by atoms with Gasteiger partial charge in [-0.1, -0.05) is 25.8 Å². The van der Waals surface area contributed by atoms with E-state index in [1.807, 2.05) is 29.0 Å². The van der Waals surface area contributed by atoms with E-state index in [1.54, 1.807) is 0 Å². The Balaban J connectivity index is 1.67. The lowest BCUT2D eigenvalue weighted by atomic mass is 10.1. The number of anilines is 1. The zero-order valence-corrected chi connectivity index (χ0v) is 13.8. The highest BCUT2D eigenvalue weighted by Gasteiger charge is 2.09. The zero-order chi connectivity index (χ0) is 16.4. The van der Waals surface area contributed by atoms with Crippen LogP contribution in [0.5, 0.6) is 0 Å². The van der Waals surface area contributed by atoms with Gasteiger partial charge in [0.1, 0.15) is 5.82 Å². The number of benzene rings is 1. The number of hydrogen-bond donors (Lipinski definition) is 2. The van der Waals surface area contributed by atoms with E-state index in [1.165, 1.54) is 18.2 Å². The van der Waals surface area contributed by atoms with Crippen LogP contribution in [0, 0.1) is 0 Å². The van der Waals surface area contributed by atoms with Crippen molar-refractivity contribution in [3.05, 3.63) is 48.8 Å². The number of nitrogens with zero attached hydrogens (tertiary/aromatic N) is 3. The molecule has 1 aromatic carbocycles. The number of aromatic amines is 1. The number of aromatic nitrogens is 4. The second-order valence-corrected chi connectivity index (χ2v) is 6.05. The zero-order valence-electron chi connectivity index (χ0n) is 13.8. The summed E-state index contributed by atoms with van der Waals surface area (Å²) in [5.74, 6) is 0.889. The Kier molecular flexibility index (Phi) is 3.91. The molecule has 0 saturated carbocycles. The van der Waals surface area contributed by atoms with Gasteiger partial charge in [0.05, 0.1) is 11.9 Å². The molecule has 0 aliphatic rings. The summed E-state index contributed by atoms with van der Waals surface area (Å²) in [4.78, 5) is 7.70. The Labute approximate surface area is 140 Å². The summed E-state index contributed by atoms with van der Waals surface area (Å²) in [6.07, 6.45) is 7.47. The minimum atomic E-state index is 0.860. The van der Waals surface area contributed by atoms with Crippen molar-refractivity contribution in [2.75, 3.05) is 11.9 Å². The smallest absolute Gasteiger partial charge is 0.154 e. The van der Waals surface area contributed by atoms with E-state index in [2.05, 4.69) is 46.5 Å². The number of rotatable bonds is 6. The van der Waals surface area contributed by atoms with Crippen LogP contribution in [0.1, 0.15) is 26.2 Å². The highest BCUT2D eigenvalue weighted by Crippen LogP contribution is 2.24. The number of unbranched alkanes of at least 4 members (excludes halogenated alkanes) is 2. The van der Waals surface area contributed by atoms with Gasteiger partial charge >= 0.3 is 0 Å². The molecule has 0 atom stereocenters. The van der Waals surface area contributed by atoms with Gasteiger partial charge < -0.3 is 10.3 Å². The molecular formula is C19H21N5. The molecule has 0 fully saturated rings.